The second-order valence-corrected chi connectivity index (χ2v) is 6.00. The van der Waals surface area contributed by atoms with Crippen LogP contribution in [0.25, 0.3) is 0 Å². The van der Waals surface area contributed by atoms with E-state index in [1.807, 2.05) is 12.1 Å². The lowest BCUT2D eigenvalue weighted by molar-refractivity contribution is 0.475. The van der Waals surface area contributed by atoms with E-state index in [0.717, 1.165) is 13.0 Å². The second-order valence-electron chi connectivity index (χ2n) is 6.00. The van der Waals surface area contributed by atoms with E-state index in [9.17, 15) is 5.11 Å². The Kier molecular flexibility index (Phi) is 4.14. The first-order valence-electron chi connectivity index (χ1n) is 7.86. The van der Waals surface area contributed by atoms with Crippen LogP contribution in [-0.2, 0) is 12.8 Å². The van der Waals surface area contributed by atoms with Crippen LogP contribution < -0.4 is 4.90 Å². The van der Waals surface area contributed by atoms with Crippen molar-refractivity contribution >= 4 is 5.69 Å². The van der Waals surface area contributed by atoms with Crippen molar-refractivity contribution in [2.75, 3.05) is 11.4 Å². The van der Waals surface area contributed by atoms with Crippen LogP contribution in [0.15, 0.2) is 48.5 Å². The summed E-state index contributed by atoms with van der Waals surface area (Å²) < 4.78 is 0. The van der Waals surface area contributed by atoms with Crippen LogP contribution in [0.5, 0.6) is 5.75 Å². The molecule has 0 bridgehead atoms. The number of aromatic hydroxyl groups is 1. The SMILES string of the molecule is CC(Cc1ccc(O)cc1)N1CCCCc2ccccc21. The third kappa shape index (κ3) is 3.21. The Balaban J connectivity index is 1.80. The zero-order valence-corrected chi connectivity index (χ0v) is 12.6. The van der Waals surface area contributed by atoms with E-state index in [0.29, 0.717) is 11.8 Å². The summed E-state index contributed by atoms with van der Waals surface area (Å²) in [6.07, 6.45) is 4.74. The summed E-state index contributed by atoms with van der Waals surface area (Å²) in [4.78, 5) is 2.55. The Bertz CT molecular complexity index is 591. The first kappa shape index (κ1) is 14.0. The largest absolute Gasteiger partial charge is 0.508 e. The van der Waals surface area contributed by atoms with Crippen molar-refractivity contribution < 1.29 is 5.11 Å². The number of anilines is 1. The molecule has 0 amide bonds. The fourth-order valence-electron chi connectivity index (χ4n) is 3.26. The minimum absolute atomic E-state index is 0.339. The molecule has 21 heavy (non-hydrogen) atoms. The highest BCUT2D eigenvalue weighted by atomic mass is 16.3. The zero-order valence-electron chi connectivity index (χ0n) is 12.6. The van der Waals surface area contributed by atoms with Crippen LogP contribution in [0.2, 0.25) is 0 Å². The molecule has 2 aromatic rings. The van der Waals surface area contributed by atoms with E-state index in [-0.39, 0.29) is 0 Å². The van der Waals surface area contributed by atoms with Crippen LogP contribution in [0.3, 0.4) is 0 Å². The Morgan fingerprint density at radius 2 is 1.81 bits per heavy atom. The number of hydrogen-bond donors (Lipinski definition) is 1. The lowest BCUT2D eigenvalue weighted by atomic mass is 10.0. The molecule has 1 heterocycles. The van der Waals surface area contributed by atoms with E-state index < -0.39 is 0 Å². The molecule has 0 aromatic heterocycles. The van der Waals surface area contributed by atoms with E-state index >= 15 is 0 Å². The monoisotopic (exact) mass is 281 g/mol. The minimum Gasteiger partial charge on any atom is -0.508 e. The maximum Gasteiger partial charge on any atom is 0.115 e. The maximum atomic E-state index is 9.40. The summed E-state index contributed by atoms with van der Waals surface area (Å²) in [7, 11) is 0. The average molecular weight is 281 g/mol. The number of rotatable bonds is 3. The molecule has 110 valence electrons. The standard InChI is InChI=1S/C19H23NO/c1-15(14-16-9-11-18(21)12-10-16)20-13-5-4-7-17-6-2-3-8-19(17)20/h2-3,6,8-12,15,21H,4-5,7,13-14H2,1H3. The van der Waals surface area contributed by atoms with Gasteiger partial charge < -0.3 is 10.0 Å². The minimum atomic E-state index is 0.339. The topological polar surface area (TPSA) is 23.5 Å². The molecule has 1 atom stereocenters. The Hall–Kier alpha value is -1.96. The molecule has 0 aliphatic carbocycles. The molecule has 1 aliphatic rings. The lowest BCUT2D eigenvalue weighted by Gasteiger charge is -2.31. The van der Waals surface area contributed by atoms with Gasteiger partial charge in [0.05, 0.1) is 0 Å². The molecule has 1 unspecified atom stereocenters. The number of nitrogens with zero attached hydrogens (tertiary/aromatic N) is 1. The molecule has 0 radical (unpaired) electrons. The van der Waals surface area contributed by atoms with E-state index in [4.69, 9.17) is 0 Å². The number of fused-ring (bicyclic) bond motifs is 1. The summed E-state index contributed by atoms with van der Waals surface area (Å²) in [6, 6.07) is 16.9. The van der Waals surface area contributed by atoms with Crippen molar-refractivity contribution in [2.45, 2.75) is 38.6 Å². The average Bonchev–Trinajstić information content (AvgIpc) is 2.72. The van der Waals surface area contributed by atoms with Gasteiger partial charge in [0.15, 0.2) is 0 Å². The van der Waals surface area contributed by atoms with Gasteiger partial charge >= 0.3 is 0 Å². The van der Waals surface area contributed by atoms with Crippen molar-refractivity contribution in [3.05, 3.63) is 59.7 Å². The highest BCUT2D eigenvalue weighted by Crippen LogP contribution is 2.28. The molecule has 2 nitrogen and oxygen atoms in total. The number of hydrogen-bond acceptors (Lipinski definition) is 2. The van der Waals surface area contributed by atoms with Crippen molar-refractivity contribution in [1.29, 1.82) is 0 Å². The first-order valence-corrected chi connectivity index (χ1v) is 7.86. The summed E-state index contributed by atoms with van der Waals surface area (Å²) in [5, 5.41) is 9.40. The number of phenols is 1. The highest BCUT2D eigenvalue weighted by Gasteiger charge is 2.19. The van der Waals surface area contributed by atoms with Gasteiger partial charge in [0.1, 0.15) is 5.75 Å². The fourth-order valence-corrected chi connectivity index (χ4v) is 3.26. The quantitative estimate of drug-likeness (QED) is 0.913. The van der Waals surface area contributed by atoms with E-state index in [1.54, 1.807) is 12.1 Å². The Morgan fingerprint density at radius 1 is 1.05 bits per heavy atom. The number of benzene rings is 2. The molecular formula is C19H23NO. The molecule has 1 aliphatic heterocycles. The van der Waals surface area contributed by atoms with Crippen LogP contribution >= 0.6 is 0 Å². The van der Waals surface area contributed by atoms with Gasteiger partial charge in [-0.1, -0.05) is 30.3 Å². The van der Waals surface area contributed by atoms with Gasteiger partial charge in [-0.05, 0) is 61.9 Å². The van der Waals surface area contributed by atoms with Crippen LogP contribution in [0.4, 0.5) is 5.69 Å². The van der Waals surface area contributed by atoms with E-state index in [1.165, 1.54) is 36.1 Å². The summed E-state index contributed by atoms with van der Waals surface area (Å²) in [5.41, 5.74) is 4.16. The normalized spacial score (nSPS) is 16.1. The molecule has 3 rings (SSSR count). The molecule has 0 spiro atoms. The van der Waals surface area contributed by atoms with Crippen molar-refractivity contribution in [3.8, 4) is 5.75 Å². The molecule has 2 aromatic carbocycles. The number of phenolic OH excluding ortho intramolecular Hbond substituents is 1. The lowest BCUT2D eigenvalue weighted by Crippen LogP contribution is -2.35. The second kappa shape index (κ2) is 6.21. The summed E-state index contributed by atoms with van der Waals surface area (Å²) >= 11 is 0. The van der Waals surface area contributed by atoms with Gasteiger partial charge in [-0.25, -0.2) is 0 Å². The zero-order chi connectivity index (χ0) is 14.7. The van der Waals surface area contributed by atoms with Gasteiger partial charge in [-0.15, -0.1) is 0 Å². The molecule has 2 heteroatoms. The Morgan fingerprint density at radius 3 is 2.62 bits per heavy atom. The summed E-state index contributed by atoms with van der Waals surface area (Å²) in [6.45, 7) is 3.44. The third-order valence-corrected chi connectivity index (χ3v) is 4.40. The Labute approximate surface area is 127 Å². The van der Waals surface area contributed by atoms with Gasteiger partial charge in [0.25, 0.3) is 0 Å². The fraction of sp³-hybridized carbons (Fsp3) is 0.368. The van der Waals surface area contributed by atoms with Gasteiger partial charge in [-0.2, -0.15) is 0 Å². The number of aryl methyl sites for hydroxylation is 1. The molecule has 0 fully saturated rings. The van der Waals surface area contributed by atoms with Crippen molar-refractivity contribution in [2.24, 2.45) is 0 Å². The van der Waals surface area contributed by atoms with Gasteiger partial charge in [-0.3, -0.25) is 0 Å². The van der Waals surface area contributed by atoms with Crippen LogP contribution in [-0.4, -0.2) is 17.7 Å². The van der Waals surface area contributed by atoms with Crippen LogP contribution in [0, 0.1) is 0 Å². The highest BCUT2D eigenvalue weighted by molar-refractivity contribution is 5.55. The molecule has 1 N–H and O–H groups in total. The predicted octanol–water partition coefficient (Wildman–Crippen LogP) is 4.17. The van der Waals surface area contributed by atoms with E-state index in [2.05, 4.69) is 36.1 Å². The van der Waals surface area contributed by atoms with Crippen molar-refractivity contribution in [3.63, 3.8) is 0 Å². The molecular weight excluding hydrogens is 258 g/mol. The number of para-hydroxylation sites is 1. The molecule has 0 saturated heterocycles. The maximum absolute atomic E-state index is 9.40. The van der Waals surface area contributed by atoms with Crippen molar-refractivity contribution in [1.82, 2.24) is 0 Å². The summed E-state index contributed by atoms with van der Waals surface area (Å²) in [5.74, 6) is 0.339. The first-order chi connectivity index (χ1) is 10.2. The molecule has 0 saturated carbocycles. The van der Waals surface area contributed by atoms with Gasteiger partial charge in [0, 0.05) is 18.3 Å². The predicted molar refractivity (Wildman–Crippen MR) is 88.0 cm³/mol. The van der Waals surface area contributed by atoms with Gasteiger partial charge in [0.2, 0.25) is 0 Å². The smallest absolute Gasteiger partial charge is 0.115 e. The van der Waals surface area contributed by atoms with Crippen LogP contribution in [0.1, 0.15) is 30.9 Å². The third-order valence-electron chi connectivity index (χ3n) is 4.40.